The second-order valence-electron chi connectivity index (χ2n) is 8.52. The zero-order valence-electron chi connectivity index (χ0n) is 18.4. The van der Waals surface area contributed by atoms with Gasteiger partial charge in [-0.3, -0.25) is 4.99 Å². The number of halogens is 1. The van der Waals surface area contributed by atoms with Gasteiger partial charge in [-0.15, -0.1) is 24.0 Å². The van der Waals surface area contributed by atoms with Crippen LogP contribution in [0.4, 0.5) is 10.5 Å². The van der Waals surface area contributed by atoms with Crippen LogP contribution in [0.1, 0.15) is 32.8 Å². The van der Waals surface area contributed by atoms with Gasteiger partial charge in [0.2, 0.25) is 0 Å². The maximum absolute atomic E-state index is 12.0. The number of alkyl carbamates (subject to hydrolysis) is 1. The lowest BCUT2D eigenvalue weighted by atomic mass is 10.2. The van der Waals surface area contributed by atoms with E-state index in [1.807, 2.05) is 20.8 Å². The molecule has 0 saturated carbocycles. The van der Waals surface area contributed by atoms with Crippen LogP contribution in [0.2, 0.25) is 0 Å². The van der Waals surface area contributed by atoms with Gasteiger partial charge in [0.15, 0.2) is 5.96 Å². The van der Waals surface area contributed by atoms with Gasteiger partial charge >= 0.3 is 6.09 Å². The van der Waals surface area contributed by atoms with E-state index in [1.54, 1.807) is 7.05 Å². The molecular weight excluding hydrogens is 493 g/mol. The maximum Gasteiger partial charge on any atom is 0.407 e. The van der Waals surface area contributed by atoms with Gasteiger partial charge < -0.3 is 25.2 Å². The molecule has 1 aromatic carbocycles. The number of hydrogen-bond acceptors (Lipinski definition) is 4. The van der Waals surface area contributed by atoms with E-state index in [1.165, 1.54) is 11.3 Å². The zero-order valence-corrected chi connectivity index (χ0v) is 20.7. The topological polar surface area (TPSA) is 69.2 Å². The number of nitrogens with zero attached hydrogens (tertiary/aromatic N) is 3. The highest BCUT2D eigenvalue weighted by Crippen LogP contribution is 2.18. The minimum absolute atomic E-state index is 0. The third-order valence-corrected chi connectivity index (χ3v) is 4.99. The van der Waals surface area contributed by atoms with Crippen LogP contribution < -0.4 is 15.5 Å². The lowest BCUT2D eigenvalue weighted by Gasteiger charge is -2.23. The third-order valence-electron chi connectivity index (χ3n) is 4.99. The number of carbonyl (C=O) groups is 1. The SMILES string of the molecule is CN=C(NCc1ccc(N2CC=CC2)cc1)N1CCC(NC(=O)OC(C)(C)C)C1.I. The van der Waals surface area contributed by atoms with E-state index in [-0.39, 0.29) is 36.1 Å². The van der Waals surface area contributed by atoms with Crippen molar-refractivity contribution in [1.29, 1.82) is 0 Å². The number of rotatable bonds is 4. The highest BCUT2D eigenvalue weighted by Gasteiger charge is 2.27. The molecule has 166 valence electrons. The second-order valence-corrected chi connectivity index (χ2v) is 8.52. The molecule has 8 heteroatoms. The average Bonchev–Trinajstić information content (AvgIpc) is 3.33. The van der Waals surface area contributed by atoms with Crippen LogP contribution in [0, 0.1) is 0 Å². The van der Waals surface area contributed by atoms with Crippen LogP contribution in [0.3, 0.4) is 0 Å². The smallest absolute Gasteiger partial charge is 0.407 e. The van der Waals surface area contributed by atoms with Crippen LogP contribution in [-0.2, 0) is 11.3 Å². The predicted molar refractivity (Wildman–Crippen MR) is 133 cm³/mol. The van der Waals surface area contributed by atoms with Gasteiger partial charge in [-0.05, 0) is 44.9 Å². The quantitative estimate of drug-likeness (QED) is 0.272. The van der Waals surface area contributed by atoms with Gasteiger partial charge in [0.25, 0.3) is 0 Å². The molecule has 1 saturated heterocycles. The fourth-order valence-corrected chi connectivity index (χ4v) is 3.57. The fraction of sp³-hybridized carbons (Fsp3) is 0.545. The molecule has 1 fully saturated rings. The number of benzene rings is 1. The van der Waals surface area contributed by atoms with Crippen LogP contribution in [-0.4, -0.2) is 61.8 Å². The number of hydrogen-bond donors (Lipinski definition) is 2. The molecule has 30 heavy (non-hydrogen) atoms. The minimum atomic E-state index is -0.485. The minimum Gasteiger partial charge on any atom is -0.444 e. The van der Waals surface area contributed by atoms with E-state index in [0.717, 1.165) is 38.6 Å². The molecule has 1 atom stereocenters. The van der Waals surface area contributed by atoms with Crippen molar-refractivity contribution in [3.63, 3.8) is 0 Å². The van der Waals surface area contributed by atoms with Gasteiger partial charge in [0, 0.05) is 45.5 Å². The van der Waals surface area contributed by atoms with Gasteiger partial charge in [-0.1, -0.05) is 24.3 Å². The molecule has 1 aromatic rings. The molecule has 3 rings (SSSR count). The number of amides is 1. The zero-order chi connectivity index (χ0) is 20.9. The fourth-order valence-electron chi connectivity index (χ4n) is 3.57. The predicted octanol–water partition coefficient (Wildman–Crippen LogP) is 3.36. The van der Waals surface area contributed by atoms with Crippen LogP contribution >= 0.6 is 24.0 Å². The van der Waals surface area contributed by atoms with E-state index in [0.29, 0.717) is 6.54 Å². The lowest BCUT2D eigenvalue weighted by molar-refractivity contribution is 0.0507. The number of aliphatic imine (C=N–C) groups is 1. The Morgan fingerprint density at radius 2 is 1.87 bits per heavy atom. The Labute approximate surface area is 197 Å². The Hall–Kier alpha value is -1.97. The Bertz CT molecular complexity index is 750. The van der Waals surface area contributed by atoms with Gasteiger partial charge in [0.1, 0.15) is 5.60 Å². The first-order valence-electron chi connectivity index (χ1n) is 10.3. The van der Waals surface area contributed by atoms with Crippen LogP contribution in [0.15, 0.2) is 41.4 Å². The molecule has 1 amide bonds. The monoisotopic (exact) mass is 527 g/mol. The number of carbonyl (C=O) groups excluding carboxylic acids is 1. The van der Waals surface area contributed by atoms with Crippen molar-refractivity contribution in [1.82, 2.24) is 15.5 Å². The second kappa shape index (κ2) is 10.9. The van der Waals surface area contributed by atoms with E-state index in [4.69, 9.17) is 4.74 Å². The average molecular weight is 527 g/mol. The van der Waals surface area contributed by atoms with Crippen molar-refractivity contribution < 1.29 is 9.53 Å². The Kier molecular flexibility index (Phi) is 8.81. The van der Waals surface area contributed by atoms with E-state index in [2.05, 4.69) is 61.8 Å². The van der Waals surface area contributed by atoms with Crippen molar-refractivity contribution in [2.75, 3.05) is 38.1 Å². The normalized spacial score (nSPS) is 18.9. The summed E-state index contributed by atoms with van der Waals surface area (Å²) in [7, 11) is 1.79. The first-order valence-corrected chi connectivity index (χ1v) is 10.3. The van der Waals surface area contributed by atoms with Crippen molar-refractivity contribution in [3.8, 4) is 0 Å². The summed E-state index contributed by atoms with van der Waals surface area (Å²) in [5.74, 6) is 0.853. The van der Waals surface area contributed by atoms with Crippen molar-refractivity contribution in [2.24, 2.45) is 4.99 Å². The Morgan fingerprint density at radius 3 is 2.47 bits per heavy atom. The van der Waals surface area contributed by atoms with Crippen LogP contribution in [0.25, 0.3) is 0 Å². The number of anilines is 1. The summed E-state index contributed by atoms with van der Waals surface area (Å²) < 4.78 is 5.35. The summed E-state index contributed by atoms with van der Waals surface area (Å²) in [5.41, 5.74) is 1.98. The third kappa shape index (κ3) is 7.07. The van der Waals surface area contributed by atoms with E-state index < -0.39 is 5.60 Å². The molecule has 0 aliphatic carbocycles. The lowest BCUT2D eigenvalue weighted by Crippen LogP contribution is -2.44. The van der Waals surface area contributed by atoms with Crippen molar-refractivity contribution in [2.45, 2.75) is 45.4 Å². The van der Waals surface area contributed by atoms with E-state index in [9.17, 15) is 4.79 Å². The molecule has 2 N–H and O–H groups in total. The summed E-state index contributed by atoms with van der Waals surface area (Å²) in [5, 5.41) is 6.39. The largest absolute Gasteiger partial charge is 0.444 e. The van der Waals surface area contributed by atoms with Crippen LogP contribution in [0.5, 0.6) is 0 Å². The highest BCUT2D eigenvalue weighted by atomic mass is 127. The number of ether oxygens (including phenoxy) is 1. The highest BCUT2D eigenvalue weighted by molar-refractivity contribution is 14.0. The first-order chi connectivity index (χ1) is 13.8. The summed E-state index contributed by atoms with van der Waals surface area (Å²) in [6.07, 6.45) is 4.90. The van der Waals surface area contributed by atoms with Crippen molar-refractivity contribution in [3.05, 3.63) is 42.0 Å². The molecule has 0 aromatic heterocycles. The van der Waals surface area contributed by atoms with Gasteiger partial charge in [-0.25, -0.2) is 4.79 Å². The molecule has 1 unspecified atom stereocenters. The number of likely N-dealkylation sites (tertiary alicyclic amines) is 1. The first kappa shape index (κ1) is 24.3. The molecule has 2 aliphatic heterocycles. The number of guanidine groups is 1. The molecule has 0 radical (unpaired) electrons. The molecule has 0 spiro atoms. The molecule has 2 heterocycles. The molecular formula is C22H34IN5O2. The summed E-state index contributed by atoms with van der Waals surface area (Å²) in [6, 6.07) is 8.72. The standard InChI is InChI=1S/C22H33N5O2.HI/c1-22(2,3)29-21(28)25-18-11-14-27(16-18)20(23-4)24-15-17-7-9-19(10-8-17)26-12-5-6-13-26;/h5-10,18H,11-16H2,1-4H3,(H,23,24)(H,25,28);1H. The maximum atomic E-state index is 12.0. The Balaban J connectivity index is 0.00000320. The molecule has 0 bridgehead atoms. The van der Waals surface area contributed by atoms with Gasteiger partial charge in [0.05, 0.1) is 6.04 Å². The summed E-state index contributed by atoms with van der Waals surface area (Å²) in [4.78, 5) is 20.9. The Morgan fingerprint density at radius 1 is 1.20 bits per heavy atom. The van der Waals surface area contributed by atoms with Crippen molar-refractivity contribution >= 4 is 41.7 Å². The molecule has 7 nitrogen and oxygen atoms in total. The summed E-state index contributed by atoms with van der Waals surface area (Å²) >= 11 is 0. The summed E-state index contributed by atoms with van der Waals surface area (Å²) in [6.45, 7) is 9.86. The molecule has 2 aliphatic rings. The number of nitrogens with one attached hydrogen (secondary N) is 2. The van der Waals surface area contributed by atoms with Gasteiger partial charge in [-0.2, -0.15) is 0 Å². The van der Waals surface area contributed by atoms with E-state index >= 15 is 0 Å².